The highest BCUT2D eigenvalue weighted by Crippen LogP contribution is 2.35. The van der Waals surface area contributed by atoms with Crippen LogP contribution in [0.5, 0.6) is 0 Å². The summed E-state index contributed by atoms with van der Waals surface area (Å²) in [5.41, 5.74) is 6.14. The van der Waals surface area contributed by atoms with E-state index in [9.17, 15) is 0 Å². The van der Waals surface area contributed by atoms with Crippen molar-refractivity contribution in [2.24, 2.45) is 5.41 Å². The number of imidazole rings is 1. The van der Waals surface area contributed by atoms with Crippen LogP contribution in [0.25, 0.3) is 22.5 Å². The van der Waals surface area contributed by atoms with Gasteiger partial charge in [-0.15, -0.1) is 0 Å². The van der Waals surface area contributed by atoms with Crippen LogP contribution < -0.4 is 5.32 Å². The Bertz CT molecular complexity index is 1180. The molecule has 0 bridgehead atoms. The van der Waals surface area contributed by atoms with Crippen LogP contribution in [-0.2, 0) is 16.0 Å². The van der Waals surface area contributed by atoms with Crippen molar-refractivity contribution >= 4 is 0 Å². The van der Waals surface area contributed by atoms with Crippen molar-refractivity contribution in [2.45, 2.75) is 33.6 Å². The van der Waals surface area contributed by atoms with Crippen LogP contribution in [0.1, 0.15) is 30.4 Å². The van der Waals surface area contributed by atoms with Crippen LogP contribution in [-0.4, -0.2) is 46.1 Å². The van der Waals surface area contributed by atoms with Crippen LogP contribution in [0, 0.1) is 19.3 Å². The Labute approximate surface area is 206 Å². The summed E-state index contributed by atoms with van der Waals surface area (Å²) >= 11 is 0. The number of ether oxygens (including phenoxy) is 2. The van der Waals surface area contributed by atoms with Crippen LogP contribution in [0.3, 0.4) is 0 Å². The number of H-pyrrole nitrogens is 1. The zero-order chi connectivity index (χ0) is 24.3. The van der Waals surface area contributed by atoms with Crippen molar-refractivity contribution < 1.29 is 9.47 Å². The van der Waals surface area contributed by atoms with Gasteiger partial charge < -0.3 is 19.8 Å². The molecule has 1 saturated heterocycles. The quantitative estimate of drug-likeness (QED) is 0.358. The molecule has 7 nitrogen and oxygen atoms in total. The van der Waals surface area contributed by atoms with Gasteiger partial charge in [0.25, 0.3) is 0 Å². The van der Waals surface area contributed by atoms with Gasteiger partial charge in [-0.05, 0) is 19.9 Å². The van der Waals surface area contributed by atoms with Gasteiger partial charge in [-0.2, -0.15) is 5.10 Å². The first kappa shape index (κ1) is 23.5. The van der Waals surface area contributed by atoms with E-state index < -0.39 is 6.29 Å². The molecule has 3 heterocycles. The smallest absolute Gasteiger partial charge is 0.217 e. The number of aryl methyl sites for hydroxylation is 2. The Morgan fingerprint density at radius 2 is 1.66 bits per heavy atom. The lowest BCUT2D eigenvalue weighted by molar-refractivity contribution is -0.232. The average molecular weight is 472 g/mol. The maximum absolute atomic E-state index is 6.18. The highest BCUT2D eigenvalue weighted by Gasteiger charge is 2.35. The number of aromatic nitrogens is 4. The Kier molecular flexibility index (Phi) is 6.81. The lowest BCUT2D eigenvalue weighted by atomic mass is 9.92. The van der Waals surface area contributed by atoms with Crippen molar-refractivity contribution in [1.82, 2.24) is 25.1 Å². The SMILES string of the molecule is Cc1cc(C)n(CCNC[C@]2(C)CO[C@H](c3nc(-c4ccccc4)c(-c4ccccc4)[nH]3)OC2)n1. The minimum absolute atomic E-state index is 0.108. The summed E-state index contributed by atoms with van der Waals surface area (Å²) in [6.45, 7) is 9.98. The number of aromatic amines is 1. The monoisotopic (exact) mass is 471 g/mol. The lowest BCUT2D eigenvalue weighted by Gasteiger charge is -2.36. The molecule has 0 unspecified atom stereocenters. The molecule has 5 rings (SSSR count). The van der Waals surface area contributed by atoms with E-state index in [0.29, 0.717) is 19.0 Å². The number of hydrogen-bond donors (Lipinski definition) is 2. The zero-order valence-corrected chi connectivity index (χ0v) is 20.6. The molecule has 0 spiro atoms. The molecule has 2 N–H and O–H groups in total. The number of hydrogen-bond acceptors (Lipinski definition) is 5. The van der Waals surface area contributed by atoms with Crippen molar-refractivity contribution in [3.8, 4) is 22.5 Å². The molecule has 1 fully saturated rings. The summed E-state index contributed by atoms with van der Waals surface area (Å²) in [5, 5.41) is 8.07. The molecule has 2 aromatic heterocycles. The molecule has 0 amide bonds. The lowest BCUT2D eigenvalue weighted by Crippen LogP contribution is -2.44. The predicted octanol–water partition coefficient (Wildman–Crippen LogP) is 4.90. The standard InChI is InChI=1S/C28H33N5O2/c1-20-16-21(2)33(32-20)15-14-29-17-28(3)18-34-27(35-19-28)26-30-24(22-10-6-4-7-11-22)25(31-26)23-12-8-5-9-13-23/h4-13,16,27,29H,14-15,17-19H2,1-3H3,(H,30,31)/t27-,28+. The van der Waals surface area contributed by atoms with Crippen molar-refractivity contribution in [3.05, 3.63) is 83.9 Å². The number of nitrogens with zero attached hydrogens (tertiary/aromatic N) is 3. The first-order chi connectivity index (χ1) is 17.0. The first-order valence-electron chi connectivity index (χ1n) is 12.2. The van der Waals surface area contributed by atoms with Gasteiger partial charge in [-0.1, -0.05) is 67.6 Å². The molecule has 1 aliphatic heterocycles. The van der Waals surface area contributed by atoms with E-state index in [2.05, 4.69) is 59.6 Å². The van der Waals surface area contributed by atoms with Crippen LogP contribution >= 0.6 is 0 Å². The molecule has 0 atom stereocenters. The summed E-state index contributed by atoms with van der Waals surface area (Å²) < 4.78 is 14.4. The molecular formula is C28H33N5O2. The van der Waals surface area contributed by atoms with E-state index in [0.717, 1.165) is 47.8 Å². The van der Waals surface area contributed by atoms with Gasteiger partial charge in [0.2, 0.25) is 6.29 Å². The molecule has 35 heavy (non-hydrogen) atoms. The number of benzene rings is 2. The summed E-state index contributed by atoms with van der Waals surface area (Å²) in [7, 11) is 0. The van der Waals surface area contributed by atoms with Gasteiger partial charge in [0.1, 0.15) is 0 Å². The van der Waals surface area contributed by atoms with Crippen molar-refractivity contribution in [3.63, 3.8) is 0 Å². The third-order valence-electron chi connectivity index (χ3n) is 6.38. The fourth-order valence-corrected chi connectivity index (χ4v) is 4.50. The van der Waals surface area contributed by atoms with Crippen LogP contribution in [0.2, 0.25) is 0 Å². The molecule has 4 aromatic rings. The third kappa shape index (κ3) is 5.37. The minimum atomic E-state index is -0.516. The molecular weight excluding hydrogens is 438 g/mol. The highest BCUT2D eigenvalue weighted by atomic mass is 16.7. The highest BCUT2D eigenvalue weighted by molar-refractivity contribution is 5.78. The molecule has 1 aliphatic rings. The first-order valence-corrected chi connectivity index (χ1v) is 12.2. The van der Waals surface area contributed by atoms with E-state index in [4.69, 9.17) is 14.5 Å². The Morgan fingerprint density at radius 3 is 2.29 bits per heavy atom. The topological polar surface area (TPSA) is 77.0 Å². The Morgan fingerprint density at radius 1 is 1.00 bits per heavy atom. The van der Waals surface area contributed by atoms with Gasteiger partial charge in [0.05, 0.1) is 36.8 Å². The third-order valence-corrected chi connectivity index (χ3v) is 6.38. The molecule has 0 saturated carbocycles. The Hall–Kier alpha value is -3.26. The zero-order valence-electron chi connectivity index (χ0n) is 20.6. The fraction of sp³-hybridized carbons (Fsp3) is 0.357. The largest absolute Gasteiger partial charge is 0.345 e. The molecule has 182 valence electrons. The van der Waals surface area contributed by atoms with E-state index in [1.807, 2.05) is 48.0 Å². The predicted molar refractivity (Wildman–Crippen MR) is 137 cm³/mol. The summed E-state index contributed by atoms with van der Waals surface area (Å²) in [4.78, 5) is 8.40. The Balaban J connectivity index is 1.23. The van der Waals surface area contributed by atoms with E-state index in [1.165, 1.54) is 5.69 Å². The molecule has 2 aromatic carbocycles. The number of nitrogens with one attached hydrogen (secondary N) is 2. The molecule has 7 heteroatoms. The fourth-order valence-electron chi connectivity index (χ4n) is 4.50. The summed E-state index contributed by atoms with van der Waals surface area (Å²) in [6, 6.07) is 22.6. The van der Waals surface area contributed by atoms with E-state index in [1.54, 1.807) is 0 Å². The summed E-state index contributed by atoms with van der Waals surface area (Å²) in [5.74, 6) is 0.697. The van der Waals surface area contributed by atoms with Gasteiger partial charge in [0, 0.05) is 35.3 Å². The van der Waals surface area contributed by atoms with E-state index >= 15 is 0 Å². The molecule has 0 aliphatic carbocycles. The number of rotatable bonds is 8. The van der Waals surface area contributed by atoms with Crippen LogP contribution in [0.15, 0.2) is 66.7 Å². The van der Waals surface area contributed by atoms with Gasteiger partial charge in [-0.3, -0.25) is 4.68 Å². The van der Waals surface area contributed by atoms with Crippen LogP contribution in [0.4, 0.5) is 0 Å². The normalized spacial score (nSPS) is 20.3. The maximum Gasteiger partial charge on any atom is 0.217 e. The summed E-state index contributed by atoms with van der Waals surface area (Å²) in [6.07, 6.45) is -0.516. The van der Waals surface area contributed by atoms with Gasteiger partial charge in [-0.25, -0.2) is 4.98 Å². The van der Waals surface area contributed by atoms with Crippen molar-refractivity contribution in [2.75, 3.05) is 26.3 Å². The maximum atomic E-state index is 6.18. The van der Waals surface area contributed by atoms with Crippen molar-refractivity contribution in [1.29, 1.82) is 0 Å². The van der Waals surface area contributed by atoms with E-state index in [-0.39, 0.29) is 5.41 Å². The second-order valence-corrected chi connectivity index (χ2v) is 9.67. The minimum Gasteiger partial charge on any atom is -0.345 e. The molecule has 0 radical (unpaired) electrons. The average Bonchev–Trinajstić information content (AvgIpc) is 3.46. The second-order valence-electron chi connectivity index (χ2n) is 9.67. The van der Waals surface area contributed by atoms with Gasteiger partial charge in [0.15, 0.2) is 5.82 Å². The second kappa shape index (κ2) is 10.2. The van der Waals surface area contributed by atoms with Gasteiger partial charge >= 0.3 is 0 Å².